The number of hydrogen-bond donors (Lipinski definition) is 2. The van der Waals surface area contributed by atoms with Crippen molar-refractivity contribution in [3.8, 4) is 0 Å². The number of ether oxygens (including phenoxy) is 5. The Morgan fingerprint density at radius 2 is 1.05 bits per heavy atom. The number of amides is 1. The van der Waals surface area contributed by atoms with Gasteiger partial charge in [0.25, 0.3) is 0 Å². The lowest BCUT2D eigenvalue weighted by atomic mass is 9.89. The summed E-state index contributed by atoms with van der Waals surface area (Å²) in [5, 5.41) is 0. The molecule has 1 amide bonds. The Bertz CT molecular complexity index is 1960. The van der Waals surface area contributed by atoms with Gasteiger partial charge in [0, 0.05) is 0 Å². The van der Waals surface area contributed by atoms with Crippen LogP contribution in [0.5, 0.6) is 0 Å². The fourth-order valence-corrected chi connectivity index (χ4v) is 6.53. The van der Waals surface area contributed by atoms with E-state index in [2.05, 4.69) is 17.6 Å². The van der Waals surface area contributed by atoms with Crippen LogP contribution in [-0.4, -0.2) is 43.0 Å². The molecule has 4 aromatic carbocycles. The first-order valence-corrected chi connectivity index (χ1v) is 19.0. The minimum absolute atomic E-state index is 0.124. The predicted molar refractivity (Wildman–Crippen MR) is 219 cm³/mol. The summed E-state index contributed by atoms with van der Waals surface area (Å²) >= 11 is 0. The van der Waals surface area contributed by atoms with Crippen molar-refractivity contribution in [3.63, 3.8) is 0 Å². The summed E-state index contributed by atoms with van der Waals surface area (Å²) < 4.78 is 34.3. The lowest BCUT2D eigenvalue weighted by Gasteiger charge is -2.46. The van der Waals surface area contributed by atoms with Gasteiger partial charge in [-0.15, -0.1) is 0 Å². The van der Waals surface area contributed by atoms with Crippen LogP contribution < -0.4 is 11.3 Å². The Kier molecular flexibility index (Phi) is 15.9. The van der Waals surface area contributed by atoms with Crippen molar-refractivity contribution in [1.29, 1.82) is 0 Å². The fraction of sp³-hybridized carbons (Fsp3) is 0.229. The van der Waals surface area contributed by atoms with E-state index < -0.39 is 30.5 Å². The summed E-state index contributed by atoms with van der Waals surface area (Å²) in [5.74, 6) is 5.14. The quantitative estimate of drug-likeness (QED) is 0.0677. The average molecular weight is 751 g/mol. The lowest BCUT2D eigenvalue weighted by Crippen LogP contribution is -2.61. The van der Waals surface area contributed by atoms with Crippen LogP contribution in [-0.2, 0) is 54.9 Å². The van der Waals surface area contributed by atoms with E-state index in [-0.39, 0.29) is 18.9 Å². The Balaban J connectivity index is 1.40. The minimum Gasteiger partial charge on any atom is -0.374 e. The van der Waals surface area contributed by atoms with E-state index in [1.807, 2.05) is 170 Å². The normalized spacial score (nSPS) is 21.1. The van der Waals surface area contributed by atoms with Crippen molar-refractivity contribution in [2.45, 2.75) is 63.4 Å². The van der Waals surface area contributed by atoms with Crippen LogP contribution in [0.15, 0.2) is 193 Å². The molecule has 5 unspecified atom stereocenters. The second kappa shape index (κ2) is 22.2. The Hall–Kier alpha value is -5.45. The first-order valence-electron chi connectivity index (χ1n) is 19.0. The van der Waals surface area contributed by atoms with Gasteiger partial charge in [-0.3, -0.25) is 10.2 Å². The minimum atomic E-state index is -0.607. The monoisotopic (exact) mass is 750 g/mol. The molecule has 2 aliphatic rings. The van der Waals surface area contributed by atoms with Crippen LogP contribution in [0.4, 0.5) is 0 Å². The van der Waals surface area contributed by atoms with Crippen molar-refractivity contribution in [2.24, 2.45) is 5.84 Å². The van der Waals surface area contributed by atoms with Gasteiger partial charge in [-0.2, -0.15) is 0 Å². The van der Waals surface area contributed by atoms with Crippen molar-refractivity contribution in [1.82, 2.24) is 5.43 Å². The van der Waals surface area contributed by atoms with Gasteiger partial charge in [-0.1, -0.05) is 182 Å². The van der Waals surface area contributed by atoms with Crippen LogP contribution in [0.3, 0.4) is 0 Å². The van der Waals surface area contributed by atoms with E-state index in [4.69, 9.17) is 29.5 Å². The third kappa shape index (κ3) is 12.5. The number of nitrogens with one attached hydrogen (secondary N) is 1. The number of nitrogens with two attached hydrogens (primary N) is 1. The third-order valence-electron chi connectivity index (χ3n) is 9.38. The molecule has 6 rings (SSSR count). The summed E-state index contributed by atoms with van der Waals surface area (Å²) in [6.45, 7) is 1.68. The van der Waals surface area contributed by atoms with Gasteiger partial charge in [0.15, 0.2) is 0 Å². The topological polar surface area (TPSA) is 101 Å². The SMILES string of the molecule is NNC(=O)CC1=CC=CC=CC=CC(C2OC(COCc3ccccc3)C(OCc3ccccc3)C(OCc3ccccc3)C2OCc2ccccc2)=CC=C1. The fourth-order valence-electron chi connectivity index (χ4n) is 6.53. The van der Waals surface area contributed by atoms with E-state index in [0.717, 1.165) is 33.4 Å². The molecule has 0 spiro atoms. The molecule has 4 aromatic rings. The summed E-state index contributed by atoms with van der Waals surface area (Å²) in [7, 11) is 0. The van der Waals surface area contributed by atoms with Crippen molar-refractivity contribution >= 4 is 5.91 Å². The molecule has 288 valence electrons. The van der Waals surface area contributed by atoms with Crippen molar-refractivity contribution in [3.05, 3.63) is 215 Å². The molecule has 5 atom stereocenters. The molecule has 1 fully saturated rings. The molecular formula is C48H50N2O6. The molecular weight excluding hydrogens is 701 g/mol. The third-order valence-corrected chi connectivity index (χ3v) is 9.38. The van der Waals surface area contributed by atoms with Gasteiger partial charge < -0.3 is 23.7 Å². The summed E-state index contributed by atoms with van der Waals surface area (Å²) in [6, 6.07) is 40.4. The van der Waals surface area contributed by atoms with Gasteiger partial charge in [-0.25, -0.2) is 5.84 Å². The number of carbonyl (C=O) groups is 1. The highest BCUT2D eigenvalue weighted by molar-refractivity contribution is 5.78. The molecule has 8 heteroatoms. The number of allylic oxidation sites excluding steroid dienone is 9. The molecule has 0 saturated carbocycles. The molecule has 1 saturated heterocycles. The van der Waals surface area contributed by atoms with Crippen LogP contribution in [0.1, 0.15) is 28.7 Å². The molecule has 0 bridgehead atoms. The average Bonchev–Trinajstić information content (AvgIpc) is 3.24. The zero-order chi connectivity index (χ0) is 38.6. The Morgan fingerprint density at radius 3 is 1.62 bits per heavy atom. The molecule has 56 heavy (non-hydrogen) atoms. The van der Waals surface area contributed by atoms with Crippen LogP contribution >= 0.6 is 0 Å². The zero-order valence-electron chi connectivity index (χ0n) is 31.5. The maximum atomic E-state index is 12.2. The highest BCUT2D eigenvalue weighted by Crippen LogP contribution is 2.34. The smallest absolute Gasteiger partial charge is 0.238 e. The van der Waals surface area contributed by atoms with E-state index in [9.17, 15) is 4.79 Å². The van der Waals surface area contributed by atoms with E-state index >= 15 is 0 Å². The highest BCUT2D eigenvalue weighted by atomic mass is 16.6. The molecule has 3 N–H and O–H groups in total. The standard InChI is InChI=1S/C48H50N2O6/c49-50-44(51)31-37-19-8-2-1-3-17-29-42(30-18-28-37)45-47(54-34-40-24-13-6-14-25-40)48(55-35-41-26-15-7-16-27-41)46(53-33-39-22-11-5-12-23-39)43(56-45)36-52-32-38-20-9-4-10-21-38/h1-30,43,45-48H,31-36,49H2,(H,50,51). The molecule has 8 nitrogen and oxygen atoms in total. The summed E-state index contributed by atoms with van der Waals surface area (Å²) in [6.07, 6.45) is 16.6. The molecule has 0 radical (unpaired) electrons. The molecule has 1 heterocycles. The van der Waals surface area contributed by atoms with Gasteiger partial charge in [0.1, 0.15) is 30.5 Å². The van der Waals surface area contributed by atoms with Gasteiger partial charge in [-0.05, 0) is 33.4 Å². The Labute approximate surface area is 330 Å². The maximum Gasteiger partial charge on any atom is 0.238 e. The van der Waals surface area contributed by atoms with Gasteiger partial charge in [0.2, 0.25) is 5.91 Å². The first-order chi connectivity index (χ1) is 27.7. The zero-order valence-corrected chi connectivity index (χ0v) is 31.5. The maximum absolute atomic E-state index is 12.2. The van der Waals surface area contributed by atoms with Crippen LogP contribution in [0.2, 0.25) is 0 Å². The van der Waals surface area contributed by atoms with Gasteiger partial charge >= 0.3 is 0 Å². The second-order valence-corrected chi connectivity index (χ2v) is 13.5. The first kappa shape index (κ1) is 40.2. The van der Waals surface area contributed by atoms with Crippen LogP contribution in [0.25, 0.3) is 0 Å². The number of hydrazine groups is 1. The van der Waals surface area contributed by atoms with E-state index in [1.165, 1.54) is 0 Å². The van der Waals surface area contributed by atoms with Gasteiger partial charge in [0.05, 0.1) is 39.5 Å². The summed E-state index contributed by atoms with van der Waals surface area (Å²) in [5.41, 5.74) is 8.00. The number of hydrogen-bond acceptors (Lipinski definition) is 7. The van der Waals surface area contributed by atoms with E-state index in [0.29, 0.717) is 26.4 Å². The van der Waals surface area contributed by atoms with E-state index in [1.54, 1.807) is 0 Å². The van der Waals surface area contributed by atoms with Crippen LogP contribution in [0, 0.1) is 0 Å². The molecule has 1 aliphatic heterocycles. The number of carbonyl (C=O) groups excluding carboxylic acids is 1. The molecule has 1 aliphatic carbocycles. The number of rotatable bonds is 16. The predicted octanol–water partition coefficient (Wildman–Crippen LogP) is 8.20. The second-order valence-electron chi connectivity index (χ2n) is 13.5. The number of benzene rings is 4. The highest BCUT2D eigenvalue weighted by Gasteiger charge is 2.49. The largest absolute Gasteiger partial charge is 0.374 e. The molecule has 0 aromatic heterocycles. The van der Waals surface area contributed by atoms with Crippen molar-refractivity contribution in [2.75, 3.05) is 6.61 Å². The van der Waals surface area contributed by atoms with Crippen molar-refractivity contribution < 1.29 is 28.5 Å². The summed E-state index contributed by atoms with van der Waals surface area (Å²) in [4.78, 5) is 12.2. The lowest BCUT2D eigenvalue weighted by molar-refractivity contribution is -0.264. The Morgan fingerprint density at radius 1 is 0.554 bits per heavy atom.